The lowest BCUT2D eigenvalue weighted by atomic mass is 10.1. The van der Waals surface area contributed by atoms with Crippen LogP contribution < -0.4 is 5.32 Å². The normalized spacial score (nSPS) is 14.1. The molecule has 0 rings (SSSR count). The lowest BCUT2D eigenvalue weighted by Crippen LogP contribution is -2.28. The summed E-state index contributed by atoms with van der Waals surface area (Å²) in [4.78, 5) is 0. The van der Waals surface area contributed by atoms with Crippen LogP contribution in [0.2, 0.25) is 0 Å². The minimum absolute atomic E-state index is 0.719. The number of nitrogens with one attached hydrogen (secondary N) is 1. The zero-order valence-corrected chi connectivity index (χ0v) is 8.06. The Morgan fingerprint density at radius 2 is 2.09 bits per heavy atom. The molecule has 0 bridgehead atoms. The summed E-state index contributed by atoms with van der Waals surface area (Å²) in [7, 11) is 0. The SMILES string of the molecule is CC=CCNC(CC)CCC. The van der Waals surface area contributed by atoms with E-state index < -0.39 is 0 Å². The molecular weight excluding hydrogens is 134 g/mol. The van der Waals surface area contributed by atoms with E-state index in [0.717, 1.165) is 12.6 Å². The van der Waals surface area contributed by atoms with Gasteiger partial charge in [0.1, 0.15) is 0 Å². The molecule has 1 unspecified atom stereocenters. The molecule has 0 heterocycles. The van der Waals surface area contributed by atoms with E-state index in [4.69, 9.17) is 0 Å². The standard InChI is InChI=1S/C10H21N/c1-4-7-9-11-10(6-3)8-5-2/h4,7,10-11H,5-6,8-9H2,1-3H3. The molecule has 0 aromatic rings. The van der Waals surface area contributed by atoms with Gasteiger partial charge in [0.25, 0.3) is 0 Å². The van der Waals surface area contributed by atoms with E-state index in [1.165, 1.54) is 19.3 Å². The van der Waals surface area contributed by atoms with Crippen molar-refractivity contribution in [2.24, 2.45) is 0 Å². The largest absolute Gasteiger partial charge is 0.311 e. The second-order valence-corrected chi connectivity index (χ2v) is 2.87. The summed E-state index contributed by atoms with van der Waals surface area (Å²) in [5, 5.41) is 3.48. The first-order chi connectivity index (χ1) is 5.35. The molecule has 0 aliphatic rings. The Hall–Kier alpha value is -0.300. The van der Waals surface area contributed by atoms with E-state index in [1.54, 1.807) is 0 Å². The van der Waals surface area contributed by atoms with Crippen molar-refractivity contribution in [3.05, 3.63) is 12.2 Å². The van der Waals surface area contributed by atoms with Crippen LogP contribution in [0, 0.1) is 0 Å². The maximum Gasteiger partial charge on any atom is 0.0137 e. The van der Waals surface area contributed by atoms with E-state index in [-0.39, 0.29) is 0 Å². The maximum absolute atomic E-state index is 3.48. The third kappa shape index (κ3) is 6.11. The van der Waals surface area contributed by atoms with Crippen LogP contribution in [-0.2, 0) is 0 Å². The predicted molar refractivity (Wildman–Crippen MR) is 51.8 cm³/mol. The molecular formula is C10H21N. The van der Waals surface area contributed by atoms with Crippen molar-refractivity contribution < 1.29 is 0 Å². The zero-order chi connectivity index (χ0) is 8.53. The molecule has 0 spiro atoms. The fourth-order valence-electron chi connectivity index (χ4n) is 1.15. The van der Waals surface area contributed by atoms with Crippen LogP contribution >= 0.6 is 0 Å². The van der Waals surface area contributed by atoms with Crippen molar-refractivity contribution in [1.29, 1.82) is 0 Å². The Bertz CT molecular complexity index is 97.0. The second-order valence-electron chi connectivity index (χ2n) is 2.87. The monoisotopic (exact) mass is 155 g/mol. The fourth-order valence-corrected chi connectivity index (χ4v) is 1.15. The summed E-state index contributed by atoms with van der Waals surface area (Å²) in [5.74, 6) is 0. The van der Waals surface area contributed by atoms with Gasteiger partial charge in [-0.05, 0) is 19.8 Å². The number of hydrogen-bond acceptors (Lipinski definition) is 1. The molecule has 0 amide bonds. The molecule has 0 fully saturated rings. The van der Waals surface area contributed by atoms with Crippen molar-refractivity contribution in [3.63, 3.8) is 0 Å². The minimum atomic E-state index is 0.719. The quantitative estimate of drug-likeness (QED) is 0.582. The molecule has 1 atom stereocenters. The summed E-state index contributed by atoms with van der Waals surface area (Å²) in [6, 6.07) is 0.719. The Morgan fingerprint density at radius 3 is 2.55 bits per heavy atom. The van der Waals surface area contributed by atoms with Crippen LogP contribution in [0.3, 0.4) is 0 Å². The highest BCUT2D eigenvalue weighted by Crippen LogP contribution is 1.99. The summed E-state index contributed by atoms with van der Waals surface area (Å²) in [5.41, 5.74) is 0. The highest BCUT2D eigenvalue weighted by molar-refractivity contribution is 4.81. The second kappa shape index (κ2) is 7.80. The van der Waals surface area contributed by atoms with Gasteiger partial charge < -0.3 is 5.32 Å². The van der Waals surface area contributed by atoms with Crippen molar-refractivity contribution in [2.45, 2.75) is 46.1 Å². The van der Waals surface area contributed by atoms with Crippen LogP contribution in [-0.4, -0.2) is 12.6 Å². The minimum Gasteiger partial charge on any atom is -0.311 e. The molecule has 1 heteroatoms. The molecule has 11 heavy (non-hydrogen) atoms. The van der Waals surface area contributed by atoms with Crippen LogP contribution in [0.5, 0.6) is 0 Å². The molecule has 0 saturated carbocycles. The molecule has 0 aliphatic carbocycles. The van der Waals surface area contributed by atoms with Crippen molar-refractivity contribution in [2.75, 3.05) is 6.54 Å². The lowest BCUT2D eigenvalue weighted by Gasteiger charge is -2.13. The molecule has 0 saturated heterocycles. The van der Waals surface area contributed by atoms with Crippen LogP contribution in [0.15, 0.2) is 12.2 Å². The first kappa shape index (κ1) is 10.7. The topological polar surface area (TPSA) is 12.0 Å². The van der Waals surface area contributed by atoms with Gasteiger partial charge >= 0.3 is 0 Å². The van der Waals surface area contributed by atoms with Gasteiger partial charge in [0.2, 0.25) is 0 Å². The number of rotatable bonds is 6. The van der Waals surface area contributed by atoms with Crippen LogP contribution in [0.1, 0.15) is 40.0 Å². The van der Waals surface area contributed by atoms with Gasteiger partial charge in [0, 0.05) is 12.6 Å². The van der Waals surface area contributed by atoms with E-state index in [0.29, 0.717) is 0 Å². The molecule has 0 radical (unpaired) electrons. The third-order valence-corrected chi connectivity index (χ3v) is 1.89. The molecule has 0 aliphatic heterocycles. The van der Waals surface area contributed by atoms with Gasteiger partial charge in [-0.2, -0.15) is 0 Å². The summed E-state index contributed by atoms with van der Waals surface area (Å²) in [6.07, 6.45) is 8.07. The molecule has 1 nitrogen and oxygen atoms in total. The summed E-state index contributed by atoms with van der Waals surface area (Å²) < 4.78 is 0. The van der Waals surface area contributed by atoms with E-state index in [1.807, 2.05) is 0 Å². The zero-order valence-electron chi connectivity index (χ0n) is 8.06. The Morgan fingerprint density at radius 1 is 1.36 bits per heavy atom. The first-order valence-corrected chi connectivity index (χ1v) is 4.69. The van der Waals surface area contributed by atoms with Gasteiger partial charge in [-0.1, -0.05) is 32.4 Å². The molecule has 1 N–H and O–H groups in total. The smallest absolute Gasteiger partial charge is 0.0137 e. The highest BCUT2D eigenvalue weighted by atomic mass is 14.9. The Balaban J connectivity index is 3.35. The average molecular weight is 155 g/mol. The van der Waals surface area contributed by atoms with E-state index in [2.05, 4.69) is 38.2 Å². The third-order valence-electron chi connectivity index (χ3n) is 1.89. The van der Waals surface area contributed by atoms with Crippen LogP contribution in [0.25, 0.3) is 0 Å². The first-order valence-electron chi connectivity index (χ1n) is 4.69. The van der Waals surface area contributed by atoms with Gasteiger partial charge in [0.15, 0.2) is 0 Å². The lowest BCUT2D eigenvalue weighted by molar-refractivity contribution is 0.485. The average Bonchev–Trinajstić information content (AvgIpc) is 2.03. The van der Waals surface area contributed by atoms with Crippen molar-refractivity contribution in [1.82, 2.24) is 5.32 Å². The van der Waals surface area contributed by atoms with Crippen molar-refractivity contribution >= 4 is 0 Å². The fraction of sp³-hybridized carbons (Fsp3) is 0.800. The van der Waals surface area contributed by atoms with Gasteiger partial charge in [-0.3, -0.25) is 0 Å². The predicted octanol–water partition coefficient (Wildman–Crippen LogP) is 2.73. The Labute approximate surface area is 70.9 Å². The van der Waals surface area contributed by atoms with Gasteiger partial charge in [-0.25, -0.2) is 0 Å². The highest BCUT2D eigenvalue weighted by Gasteiger charge is 2.00. The molecule has 0 aromatic carbocycles. The van der Waals surface area contributed by atoms with Gasteiger partial charge in [0.05, 0.1) is 0 Å². The Kier molecular flexibility index (Phi) is 7.59. The molecule has 66 valence electrons. The van der Waals surface area contributed by atoms with E-state index in [9.17, 15) is 0 Å². The summed E-state index contributed by atoms with van der Waals surface area (Å²) in [6.45, 7) is 7.56. The molecule has 0 aromatic heterocycles. The summed E-state index contributed by atoms with van der Waals surface area (Å²) >= 11 is 0. The van der Waals surface area contributed by atoms with Crippen LogP contribution in [0.4, 0.5) is 0 Å². The van der Waals surface area contributed by atoms with Gasteiger partial charge in [-0.15, -0.1) is 0 Å². The number of allylic oxidation sites excluding steroid dienone is 1. The van der Waals surface area contributed by atoms with Crippen molar-refractivity contribution in [3.8, 4) is 0 Å². The van der Waals surface area contributed by atoms with E-state index >= 15 is 0 Å². The maximum atomic E-state index is 3.48. The number of hydrogen-bond donors (Lipinski definition) is 1.